The lowest BCUT2D eigenvalue weighted by atomic mass is 10.1. The molecule has 6 nitrogen and oxygen atoms in total. The van der Waals surface area contributed by atoms with E-state index in [2.05, 4.69) is 0 Å². The van der Waals surface area contributed by atoms with Gasteiger partial charge in [-0.15, -0.1) is 0 Å². The van der Waals surface area contributed by atoms with Crippen LogP contribution >= 0.6 is 0 Å². The number of hydrogen-bond acceptors (Lipinski definition) is 4. The van der Waals surface area contributed by atoms with E-state index < -0.39 is 29.2 Å². The van der Waals surface area contributed by atoms with Crippen molar-refractivity contribution >= 4 is 5.91 Å². The number of ether oxygens (including phenoxy) is 1. The van der Waals surface area contributed by atoms with Crippen molar-refractivity contribution in [1.82, 2.24) is 9.13 Å². The molecule has 0 N–H and O–H groups in total. The zero-order chi connectivity index (χ0) is 16.6. The van der Waals surface area contributed by atoms with Crippen molar-refractivity contribution in [2.75, 3.05) is 6.61 Å². The van der Waals surface area contributed by atoms with Gasteiger partial charge in [-0.3, -0.25) is 14.2 Å². The average Bonchev–Trinajstić information content (AvgIpc) is 3.05. The number of benzene rings is 1. The van der Waals surface area contributed by atoms with Crippen LogP contribution in [0.25, 0.3) is 0 Å². The largest absolute Gasteiger partial charge is 0.358 e. The molecule has 1 atom stereocenters. The number of carbonyl (C=O) groups is 1. The summed E-state index contributed by atoms with van der Waals surface area (Å²) in [6.07, 6.45) is 1.40. The molecule has 7 heteroatoms. The zero-order valence-electron chi connectivity index (χ0n) is 12.5. The molecule has 1 aromatic carbocycles. The first-order valence-electron chi connectivity index (χ1n) is 7.26. The molecule has 1 aromatic heterocycles. The lowest BCUT2D eigenvalue weighted by Crippen LogP contribution is -2.46. The number of hydrogen-bond donors (Lipinski definition) is 0. The van der Waals surface area contributed by atoms with Gasteiger partial charge in [0.05, 0.1) is 6.20 Å². The molecule has 1 aliphatic rings. The monoisotopic (exact) mass is 318 g/mol. The third-order valence-corrected chi connectivity index (χ3v) is 3.87. The first-order valence-corrected chi connectivity index (χ1v) is 7.26. The third kappa shape index (κ3) is 2.63. The van der Waals surface area contributed by atoms with Crippen molar-refractivity contribution in [3.8, 4) is 0 Å². The van der Waals surface area contributed by atoms with Crippen LogP contribution in [0.4, 0.5) is 4.39 Å². The van der Waals surface area contributed by atoms with E-state index in [9.17, 15) is 18.8 Å². The molecule has 1 unspecified atom stereocenters. The summed E-state index contributed by atoms with van der Waals surface area (Å²) in [6, 6.07) is 6.51. The maximum absolute atomic E-state index is 13.9. The van der Waals surface area contributed by atoms with E-state index in [1.54, 1.807) is 25.1 Å². The predicted molar refractivity (Wildman–Crippen MR) is 80.1 cm³/mol. The Morgan fingerprint density at radius 1 is 1.30 bits per heavy atom. The lowest BCUT2D eigenvalue weighted by molar-refractivity contribution is 0.0501. The Morgan fingerprint density at radius 3 is 2.70 bits per heavy atom. The number of halogens is 1. The summed E-state index contributed by atoms with van der Waals surface area (Å²) in [4.78, 5) is 37.1. The van der Waals surface area contributed by atoms with Crippen LogP contribution in [0.1, 0.15) is 35.0 Å². The minimum Gasteiger partial charge on any atom is -0.358 e. The second-order valence-electron chi connectivity index (χ2n) is 5.40. The van der Waals surface area contributed by atoms with Crippen molar-refractivity contribution < 1.29 is 13.9 Å². The molecule has 0 bridgehead atoms. The van der Waals surface area contributed by atoms with Crippen LogP contribution in [-0.2, 0) is 4.74 Å². The normalized spacial score (nSPS) is 17.4. The SMILES string of the molecule is Cc1ccccc1C(=O)n1c(=O)c(F)cn(C2CCCO2)c1=O. The Hall–Kier alpha value is -2.54. The van der Waals surface area contributed by atoms with Crippen LogP contribution in [0, 0.1) is 12.7 Å². The van der Waals surface area contributed by atoms with Crippen LogP contribution in [0.15, 0.2) is 40.1 Å². The second-order valence-corrected chi connectivity index (χ2v) is 5.40. The molecule has 1 saturated heterocycles. The summed E-state index contributed by atoms with van der Waals surface area (Å²) in [5, 5.41) is 0. The fraction of sp³-hybridized carbons (Fsp3) is 0.312. The van der Waals surface area contributed by atoms with Gasteiger partial charge in [-0.1, -0.05) is 18.2 Å². The van der Waals surface area contributed by atoms with Crippen LogP contribution in [0.3, 0.4) is 0 Å². The molecule has 0 amide bonds. The van der Waals surface area contributed by atoms with Gasteiger partial charge in [-0.25, -0.2) is 4.79 Å². The Balaban J connectivity index is 2.19. The summed E-state index contributed by atoms with van der Waals surface area (Å²) in [7, 11) is 0. The third-order valence-electron chi connectivity index (χ3n) is 3.87. The summed E-state index contributed by atoms with van der Waals surface area (Å²) in [6.45, 7) is 2.12. The van der Waals surface area contributed by atoms with Gasteiger partial charge >= 0.3 is 5.69 Å². The highest BCUT2D eigenvalue weighted by Crippen LogP contribution is 2.20. The summed E-state index contributed by atoms with van der Waals surface area (Å²) >= 11 is 0. The summed E-state index contributed by atoms with van der Waals surface area (Å²) < 4.78 is 20.6. The van der Waals surface area contributed by atoms with Gasteiger partial charge in [0.15, 0.2) is 0 Å². The minimum atomic E-state index is -1.25. The highest BCUT2D eigenvalue weighted by Gasteiger charge is 2.25. The number of carbonyl (C=O) groups excluding carboxylic acids is 1. The van der Waals surface area contributed by atoms with Crippen molar-refractivity contribution in [3.63, 3.8) is 0 Å². The molecule has 23 heavy (non-hydrogen) atoms. The maximum atomic E-state index is 13.9. The van der Waals surface area contributed by atoms with Gasteiger partial charge in [0, 0.05) is 12.2 Å². The van der Waals surface area contributed by atoms with Gasteiger partial charge in [0.1, 0.15) is 6.23 Å². The van der Waals surface area contributed by atoms with Gasteiger partial charge in [0.25, 0.3) is 11.5 Å². The lowest BCUT2D eigenvalue weighted by Gasteiger charge is -2.15. The highest BCUT2D eigenvalue weighted by atomic mass is 19.1. The molecule has 1 fully saturated rings. The molecule has 2 heterocycles. The molecule has 0 aliphatic carbocycles. The topological polar surface area (TPSA) is 70.3 Å². The Morgan fingerprint density at radius 2 is 2.04 bits per heavy atom. The Bertz CT molecular complexity index is 878. The van der Waals surface area contributed by atoms with Gasteiger partial charge < -0.3 is 4.74 Å². The second kappa shape index (κ2) is 5.92. The zero-order valence-corrected chi connectivity index (χ0v) is 12.5. The van der Waals surface area contributed by atoms with E-state index in [4.69, 9.17) is 4.74 Å². The van der Waals surface area contributed by atoms with Crippen molar-refractivity contribution in [2.45, 2.75) is 26.0 Å². The minimum absolute atomic E-state index is 0.177. The van der Waals surface area contributed by atoms with Gasteiger partial charge in [0.2, 0.25) is 5.82 Å². The van der Waals surface area contributed by atoms with Crippen LogP contribution < -0.4 is 11.2 Å². The molecular formula is C16H15FN2O4. The predicted octanol–water partition coefficient (Wildman–Crippen LogP) is 1.46. The molecule has 3 rings (SSSR count). The fourth-order valence-electron chi connectivity index (χ4n) is 2.64. The molecule has 0 spiro atoms. The smallest absolute Gasteiger partial charge is 0.340 e. The number of aromatic nitrogens is 2. The van der Waals surface area contributed by atoms with Crippen molar-refractivity contribution in [1.29, 1.82) is 0 Å². The van der Waals surface area contributed by atoms with Gasteiger partial charge in [-0.05, 0) is 31.4 Å². The molecular weight excluding hydrogens is 303 g/mol. The molecule has 1 aliphatic heterocycles. The number of aryl methyl sites for hydroxylation is 1. The van der Waals surface area contributed by atoms with Gasteiger partial charge in [-0.2, -0.15) is 8.96 Å². The first kappa shape index (κ1) is 15.4. The average molecular weight is 318 g/mol. The first-order chi connectivity index (χ1) is 11.0. The van der Waals surface area contributed by atoms with E-state index >= 15 is 0 Å². The molecule has 120 valence electrons. The van der Waals surface area contributed by atoms with Crippen LogP contribution in [0.5, 0.6) is 0 Å². The molecule has 0 radical (unpaired) electrons. The maximum Gasteiger partial charge on any atom is 0.340 e. The van der Waals surface area contributed by atoms with E-state index in [-0.39, 0.29) is 5.56 Å². The standard InChI is InChI=1S/C16H15FN2O4/c1-10-5-2-3-6-11(10)14(20)19-15(21)12(17)9-18(16(19)22)13-7-4-8-23-13/h2-3,5-6,9,13H,4,7-8H2,1H3. The van der Waals surface area contributed by atoms with E-state index in [0.717, 1.165) is 17.2 Å². The molecule has 0 saturated carbocycles. The van der Waals surface area contributed by atoms with Crippen molar-refractivity contribution in [2.24, 2.45) is 0 Å². The Kier molecular flexibility index (Phi) is 3.96. The quantitative estimate of drug-likeness (QED) is 0.840. The van der Waals surface area contributed by atoms with Crippen LogP contribution in [-0.4, -0.2) is 21.6 Å². The van der Waals surface area contributed by atoms with Crippen molar-refractivity contribution in [3.05, 3.63) is 68.2 Å². The Labute approximate surface area is 130 Å². The number of rotatable bonds is 2. The van der Waals surface area contributed by atoms with E-state index in [0.29, 0.717) is 23.2 Å². The van der Waals surface area contributed by atoms with E-state index in [1.165, 1.54) is 6.07 Å². The summed E-state index contributed by atoms with van der Waals surface area (Å²) in [5.74, 6) is -2.01. The molecule has 2 aromatic rings. The summed E-state index contributed by atoms with van der Waals surface area (Å²) in [5.41, 5.74) is -1.37. The fourth-order valence-corrected chi connectivity index (χ4v) is 2.64. The highest BCUT2D eigenvalue weighted by molar-refractivity contribution is 5.97. The van der Waals surface area contributed by atoms with Crippen LogP contribution in [0.2, 0.25) is 0 Å². The van der Waals surface area contributed by atoms with E-state index in [1.807, 2.05) is 0 Å². The number of nitrogens with zero attached hydrogens (tertiary/aromatic N) is 2.